The highest BCUT2D eigenvalue weighted by atomic mass is 35.5. The molecule has 0 bridgehead atoms. The van der Waals surface area contributed by atoms with Gasteiger partial charge in [0.05, 0.1) is 0 Å². The van der Waals surface area contributed by atoms with Gasteiger partial charge in [0.2, 0.25) is 10.5 Å². The van der Waals surface area contributed by atoms with E-state index >= 15 is 0 Å². The lowest BCUT2D eigenvalue weighted by molar-refractivity contribution is -0.118. The van der Waals surface area contributed by atoms with Gasteiger partial charge in [-0.1, -0.05) is 30.3 Å². The van der Waals surface area contributed by atoms with Crippen LogP contribution in [0, 0.1) is 0 Å². The summed E-state index contributed by atoms with van der Waals surface area (Å²) in [6.45, 7) is 0.0442. The summed E-state index contributed by atoms with van der Waals surface area (Å²) in [6, 6.07) is 7.32. The van der Waals surface area contributed by atoms with Crippen molar-refractivity contribution in [2.75, 3.05) is 0 Å². The molecule has 0 aromatic heterocycles. The van der Waals surface area contributed by atoms with Crippen LogP contribution >= 0.6 is 23.2 Å². The van der Waals surface area contributed by atoms with Crippen LogP contribution in [0.25, 0.3) is 0 Å². The molecule has 0 aliphatic carbocycles. The molecule has 21 heavy (non-hydrogen) atoms. The van der Waals surface area contributed by atoms with Gasteiger partial charge >= 0.3 is 6.09 Å². The SMILES string of the molecule is O=C(Cl)C1CCC(C(=O)Cl)N1C(=O)OCc1ccccc1. The van der Waals surface area contributed by atoms with E-state index < -0.39 is 28.7 Å². The van der Waals surface area contributed by atoms with Gasteiger partial charge in [0, 0.05) is 0 Å². The van der Waals surface area contributed by atoms with Crippen LogP contribution < -0.4 is 0 Å². The van der Waals surface area contributed by atoms with E-state index in [0.29, 0.717) is 12.8 Å². The Morgan fingerprint density at radius 1 is 1.05 bits per heavy atom. The molecule has 1 saturated heterocycles. The predicted octanol–water partition coefficient (Wildman–Crippen LogP) is 2.69. The zero-order chi connectivity index (χ0) is 15.4. The number of nitrogens with zero attached hydrogens (tertiary/aromatic N) is 1. The molecule has 112 valence electrons. The summed E-state index contributed by atoms with van der Waals surface area (Å²) in [7, 11) is 0. The van der Waals surface area contributed by atoms with Gasteiger partial charge in [0.1, 0.15) is 18.7 Å². The first-order valence-electron chi connectivity index (χ1n) is 6.38. The first kappa shape index (κ1) is 15.8. The second-order valence-electron chi connectivity index (χ2n) is 4.66. The molecular formula is C14H13Cl2NO4. The summed E-state index contributed by atoms with van der Waals surface area (Å²) in [6.07, 6.45) is -0.174. The third-order valence-electron chi connectivity index (χ3n) is 3.33. The van der Waals surface area contributed by atoms with Gasteiger partial charge in [-0.05, 0) is 41.6 Å². The van der Waals surface area contributed by atoms with Gasteiger partial charge in [-0.15, -0.1) is 0 Å². The van der Waals surface area contributed by atoms with Crippen LogP contribution in [0.5, 0.6) is 0 Å². The van der Waals surface area contributed by atoms with Crippen LogP contribution in [0.15, 0.2) is 30.3 Å². The predicted molar refractivity (Wildman–Crippen MR) is 77.0 cm³/mol. The van der Waals surface area contributed by atoms with E-state index in [2.05, 4.69) is 0 Å². The van der Waals surface area contributed by atoms with Gasteiger partial charge in [-0.25, -0.2) is 4.79 Å². The minimum atomic E-state index is -0.873. The second kappa shape index (κ2) is 6.91. The van der Waals surface area contributed by atoms with Crippen molar-refractivity contribution in [2.24, 2.45) is 0 Å². The normalized spacial score (nSPS) is 21.1. The number of hydrogen-bond acceptors (Lipinski definition) is 4. The summed E-state index contributed by atoms with van der Waals surface area (Å²) in [4.78, 5) is 35.9. The fraction of sp³-hybridized carbons (Fsp3) is 0.357. The molecule has 2 unspecified atom stereocenters. The maximum Gasteiger partial charge on any atom is 0.411 e. The molecule has 2 rings (SSSR count). The van der Waals surface area contributed by atoms with Gasteiger partial charge in [-0.3, -0.25) is 14.5 Å². The summed E-state index contributed by atoms with van der Waals surface area (Å²) < 4.78 is 5.14. The fourth-order valence-corrected chi connectivity index (χ4v) is 2.73. The molecule has 2 atom stereocenters. The zero-order valence-corrected chi connectivity index (χ0v) is 12.5. The molecule has 0 N–H and O–H groups in total. The Morgan fingerprint density at radius 2 is 1.57 bits per heavy atom. The van der Waals surface area contributed by atoms with Crippen molar-refractivity contribution in [1.29, 1.82) is 0 Å². The zero-order valence-electron chi connectivity index (χ0n) is 11.0. The average molecular weight is 330 g/mol. The van der Waals surface area contributed by atoms with Crippen LogP contribution in [-0.4, -0.2) is 33.6 Å². The van der Waals surface area contributed by atoms with Crippen LogP contribution in [0.2, 0.25) is 0 Å². The summed E-state index contributed by atoms with van der Waals surface area (Å²) in [5.41, 5.74) is 0.799. The van der Waals surface area contributed by atoms with E-state index in [-0.39, 0.29) is 6.61 Å². The molecule has 1 amide bonds. The standard InChI is InChI=1S/C14H13Cl2NO4/c15-12(18)10-6-7-11(13(16)19)17(10)14(20)21-8-9-4-2-1-3-5-9/h1-5,10-11H,6-8H2. The van der Waals surface area contributed by atoms with Crippen molar-refractivity contribution in [3.63, 3.8) is 0 Å². The smallest absolute Gasteiger partial charge is 0.411 e. The Hall–Kier alpha value is -1.59. The number of rotatable bonds is 4. The van der Waals surface area contributed by atoms with Gasteiger partial charge in [-0.2, -0.15) is 0 Å². The third kappa shape index (κ3) is 3.74. The maximum atomic E-state index is 12.1. The third-order valence-corrected chi connectivity index (χ3v) is 3.83. The molecule has 7 heteroatoms. The lowest BCUT2D eigenvalue weighted by atomic mass is 10.2. The molecule has 1 aromatic rings. The van der Waals surface area contributed by atoms with Gasteiger partial charge in [0.15, 0.2) is 0 Å². The average Bonchev–Trinajstić information content (AvgIpc) is 2.91. The van der Waals surface area contributed by atoms with Crippen LogP contribution in [-0.2, 0) is 20.9 Å². The van der Waals surface area contributed by atoms with Crippen molar-refractivity contribution in [3.05, 3.63) is 35.9 Å². The topological polar surface area (TPSA) is 63.7 Å². The fourth-order valence-electron chi connectivity index (χ4n) is 2.31. The molecular weight excluding hydrogens is 317 g/mol. The molecule has 1 aromatic carbocycles. The van der Waals surface area contributed by atoms with Crippen molar-refractivity contribution in [2.45, 2.75) is 31.5 Å². The molecule has 1 fully saturated rings. The first-order valence-corrected chi connectivity index (χ1v) is 7.14. The first-order chi connectivity index (χ1) is 10.0. The number of likely N-dealkylation sites (tertiary alicyclic amines) is 1. The maximum absolute atomic E-state index is 12.1. The van der Waals surface area contributed by atoms with Crippen molar-refractivity contribution in [1.82, 2.24) is 4.90 Å². The minimum Gasteiger partial charge on any atom is -0.445 e. The number of carbonyl (C=O) groups is 3. The van der Waals surface area contributed by atoms with E-state index in [9.17, 15) is 14.4 Å². The second-order valence-corrected chi connectivity index (χ2v) is 5.41. The van der Waals surface area contributed by atoms with Crippen LogP contribution in [0.1, 0.15) is 18.4 Å². The van der Waals surface area contributed by atoms with E-state index in [1.54, 1.807) is 12.1 Å². The largest absolute Gasteiger partial charge is 0.445 e. The highest BCUT2D eigenvalue weighted by Crippen LogP contribution is 2.28. The molecule has 1 aliphatic rings. The van der Waals surface area contributed by atoms with Crippen molar-refractivity contribution >= 4 is 39.8 Å². The molecule has 0 spiro atoms. The Labute approximate surface area is 131 Å². The van der Waals surface area contributed by atoms with E-state index in [4.69, 9.17) is 27.9 Å². The molecule has 0 saturated carbocycles. The monoisotopic (exact) mass is 329 g/mol. The Bertz CT molecular complexity index is 527. The van der Waals surface area contributed by atoms with Crippen LogP contribution in [0.4, 0.5) is 4.79 Å². The number of ether oxygens (including phenoxy) is 1. The highest BCUT2D eigenvalue weighted by Gasteiger charge is 2.44. The highest BCUT2D eigenvalue weighted by molar-refractivity contribution is 6.66. The summed E-state index contributed by atoms with van der Waals surface area (Å²) in [5.74, 6) is 0. The summed E-state index contributed by atoms with van der Waals surface area (Å²) >= 11 is 10.9. The number of amides is 1. The lowest BCUT2D eigenvalue weighted by Gasteiger charge is -2.25. The lowest BCUT2D eigenvalue weighted by Crippen LogP contribution is -2.46. The number of benzene rings is 1. The molecule has 1 heterocycles. The van der Waals surface area contributed by atoms with Gasteiger partial charge < -0.3 is 4.74 Å². The van der Waals surface area contributed by atoms with E-state index in [0.717, 1.165) is 10.5 Å². The number of halogens is 2. The number of hydrogen-bond donors (Lipinski definition) is 0. The Balaban J connectivity index is 2.06. The summed E-state index contributed by atoms with van der Waals surface area (Å²) in [5, 5.41) is -1.40. The molecule has 0 radical (unpaired) electrons. The minimum absolute atomic E-state index is 0.0442. The van der Waals surface area contributed by atoms with Crippen molar-refractivity contribution in [3.8, 4) is 0 Å². The Kier molecular flexibility index (Phi) is 5.20. The van der Waals surface area contributed by atoms with Crippen molar-refractivity contribution < 1.29 is 19.1 Å². The molecule has 1 aliphatic heterocycles. The van der Waals surface area contributed by atoms with Crippen LogP contribution in [0.3, 0.4) is 0 Å². The molecule has 5 nitrogen and oxygen atoms in total. The van der Waals surface area contributed by atoms with E-state index in [1.165, 1.54) is 0 Å². The number of carbonyl (C=O) groups excluding carboxylic acids is 3. The Morgan fingerprint density at radius 3 is 2.05 bits per heavy atom. The van der Waals surface area contributed by atoms with Gasteiger partial charge in [0.25, 0.3) is 0 Å². The van der Waals surface area contributed by atoms with E-state index in [1.807, 2.05) is 18.2 Å². The quantitative estimate of drug-likeness (QED) is 0.796.